The van der Waals surface area contributed by atoms with Crippen LogP contribution in [0.3, 0.4) is 0 Å². The van der Waals surface area contributed by atoms with Crippen LogP contribution in [-0.2, 0) is 0 Å². The van der Waals surface area contributed by atoms with Crippen molar-refractivity contribution in [3.05, 3.63) is 46.0 Å². The Morgan fingerprint density at radius 2 is 1.82 bits per heavy atom. The molecule has 0 saturated heterocycles. The van der Waals surface area contributed by atoms with Crippen LogP contribution < -0.4 is 0 Å². The average Bonchev–Trinajstić information content (AvgIpc) is 2.31. The molecule has 1 aromatic carbocycles. The minimum atomic E-state index is -1.07. The summed E-state index contributed by atoms with van der Waals surface area (Å²) in [7, 11) is 1.51. The summed E-state index contributed by atoms with van der Waals surface area (Å²) < 4.78 is 0. The maximum Gasteiger partial charge on any atom is 0.294 e. The molecule has 0 aliphatic heterocycles. The summed E-state index contributed by atoms with van der Waals surface area (Å²) in [5.41, 5.74) is 0.520. The quantitative estimate of drug-likeness (QED) is 0.423. The smallest absolute Gasteiger partial charge is 0.294 e. The lowest BCUT2D eigenvalue weighted by Crippen LogP contribution is -2.43. The molecule has 0 radical (unpaired) electrons. The van der Waals surface area contributed by atoms with E-state index in [2.05, 4.69) is 0 Å². The van der Waals surface area contributed by atoms with E-state index >= 15 is 0 Å². The average molecular weight is 240 g/mol. The molecule has 6 nitrogen and oxygen atoms in total. The Labute approximate surface area is 99.3 Å². The first-order valence-corrected chi connectivity index (χ1v) is 5.24. The predicted molar refractivity (Wildman–Crippen MR) is 61.9 cm³/mol. The van der Waals surface area contributed by atoms with Gasteiger partial charge in [0.25, 0.3) is 6.17 Å². The largest absolute Gasteiger partial charge is 0.395 e. The molecule has 0 aliphatic carbocycles. The SMILES string of the molecule is CN(C(CO)CO)C(c1ccccc1)[N+](=O)[O-]. The second kappa shape index (κ2) is 6.29. The lowest BCUT2D eigenvalue weighted by molar-refractivity contribution is -0.559. The molecular weight excluding hydrogens is 224 g/mol. The molecule has 0 aromatic heterocycles. The van der Waals surface area contributed by atoms with Crippen molar-refractivity contribution in [1.82, 2.24) is 4.90 Å². The lowest BCUT2D eigenvalue weighted by atomic mass is 10.1. The van der Waals surface area contributed by atoms with Crippen molar-refractivity contribution in [3.8, 4) is 0 Å². The number of nitrogens with zero attached hydrogens (tertiary/aromatic N) is 2. The van der Waals surface area contributed by atoms with E-state index < -0.39 is 17.1 Å². The number of hydrogen-bond donors (Lipinski definition) is 2. The summed E-state index contributed by atoms with van der Waals surface area (Å²) in [6.45, 7) is -0.658. The van der Waals surface area contributed by atoms with Gasteiger partial charge in [-0.1, -0.05) is 30.3 Å². The summed E-state index contributed by atoms with van der Waals surface area (Å²) >= 11 is 0. The number of benzene rings is 1. The number of aliphatic hydroxyl groups excluding tert-OH is 2. The molecule has 1 aromatic rings. The van der Waals surface area contributed by atoms with E-state index in [1.165, 1.54) is 11.9 Å². The molecule has 1 unspecified atom stereocenters. The van der Waals surface area contributed by atoms with Crippen LogP contribution >= 0.6 is 0 Å². The molecular formula is C11H16N2O4. The summed E-state index contributed by atoms with van der Waals surface area (Å²) in [5.74, 6) is 0. The Balaban J connectivity index is 2.98. The van der Waals surface area contributed by atoms with Gasteiger partial charge in [0.15, 0.2) is 0 Å². The third-order valence-corrected chi connectivity index (χ3v) is 2.68. The molecule has 0 spiro atoms. The first-order valence-electron chi connectivity index (χ1n) is 5.24. The summed E-state index contributed by atoms with van der Waals surface area (Å²) in [6, 6.07) is 7.85. The summed E-state index contributed by atoms with van der Waals surface area (Å²) in [4.78, 5) is 12.0. The van der Waals surface area contributed by atoms with Gasteiger partial charge in [-0.15, -0.1) is 0 Å². The van der Waals surface area contributed by atoms with Gasteiger partial charge in [0.1, 0.15) is 0 Å². The fourth-order valence-electron chi connectivity index (χ4n) is 1.65. The highest BCUT2D eigenvalue weighted by Crippen LogP contribution is 2.21. The molecule has 1 atom stereocenters. The van der Waals surface area contributed by atoms with Gasteiger partial charge in [-0.3, -0.25) is 10.1 Å². The molecule has 0 aliphatic rings. The number of rotatable bonds is 6. The van der Waals surface area contributed by atoms with Crippen molar-refractivity contribution in [2.24, 2.45) is 0 Å². The molecule has 0 saturated carbocycles. The fraction of sp³-hybridized carbons (Fsp3) is 0.455. The third-order valence-electron chi connectivity index (χ3n) is 2.68. The van der Waals surface area contributed by atoms with Crippen molar-refractivity contribution >= 4 is 0 Å². The van der Waals surface area contributed by atoms with Gasteiger partial charge >= 0.3 is 0 Å². The zero-order valence-corrected chi connectivity index (χ0v) is 9.56. The van der Waals surface area contributed by atoms with Gasteiger partial charge < -0.3 is 10.2 Å². The Hall–Kier alpha value is -1.50. The minimum Gasteiger partial charge on any atom is -0.395 e. The second-order valence-electron chi connectivity index (χ2n) is 3.75. The molecule has 94 valence electrons. The first-order chi connectivity index (χ1) is 8.11. The maximum absolute atomic E-state index is 11.1. The second-order valence-corrected chi connectivity index (χ2v) is 3.75. The van der Waals surface area contributed by atoms with Gasteiger partial charge in [-0.2, -0.15) is 0 Å². The minimum absolute atomic E-state index is 0.329. The van der Waals surface area contributed by atoms with E-state index in [4.69, 9.17) is 10.2 Å². The highest BCUT2D eigenvalue weighted by Gasteiger charge is 2.32. The third kappa shape index (κ3) is 3.23. The predicted octanol–water partition coefficient (Wildman–Crippen LogP) is 0.247. The topological polar surface area (TPSA) is 86.8 Å². The van der Waals surface area contributed by atoms with Crippen molar-refractivity contribution in [3.63, 3.8) is 0 Å². The number of likely N-dealkylation sites (N-methyl/N-ethyl adjacent to an activating group) is 1. The van der Waals surface area contributed by atoms with Crippen LogP contribution in [0.1, 0.15) is 11.7 Å². The van der Waals surface area contributed by atoms with Gasteiger partial charge in [0.05, 0.1) is 19.3 Å². The van der Waals surface area contributed by atoms with E-state index in [0.717, 1.165) is 0 Å². The zero-order chi connectivity index (χ0) is 12.8. The standard InChI is InChI=1S/C11H16N2O4/c1-12(10(7-14)8-15)11(13(16)17)9-5-3-2-4-6-9/h2-6,10-11,14-15H,7-8H2,1H3. The highest BCUT2D eigenvalue weighted by molar-refractivity contribution is 5.17. The van der Waals surface area contributed by atoms with E-state index in [1.807, 2.05) is 0 Å². The Kier molecular flexibility index (Phi) is 5.02. The van der Waals surface area contributed by atoms with Crippen LogP contribution in [0.5, 0.6) is 0 Å². The molecule has 0 amide bonds. The number of nitro groups is 1. The molecule has 0 bridgehead atoms. The number of aliphatic hydroxyl groups is 2. The van der Waals surface area contributed by atoms with Crippen molar-refractivity contribution < 1.29 is 15.1 Å². The summed E-state index contributed by atoms with van der Waals surface area (Å²) in [6.07, 6.45) is -1.07. The molecule has 1 rings (SSSR count). The van der Waals surface area contributed by atoms with Gasteiger partial charge in [0, 0.05) is 10.5 Å². The van der Waals surface area contributed by atoms with Gasteiger partial charge in [0.2, 0.25) is 0 Å². The van der Waals surface area contributed by atoms with E-state index in [9.17, 15) is 10.1 Å². The molecule has 17 heavy (non-hydrogen) atoms. The lowest BCUT2D eigenvalue weighted by Gasteiger charge is -2.27. The van der Waals surface area contributed by atoms with E-state index in [1.54, 1.807) is 30.3 Å². The zero-order valence-electron chi connectivity index (χ0n) is 9.56. The first kappa shape index (κ1) is 13.6. The monoisotopic (exact) mass is 240 g/mol. The Morgan fingerprint density at radius 1 is 1.29 bits per heavy atom. The van der Waals surface area contributed by atoms with Crippen LogP contribution in [-0.4, -0.2) is 46.3 Å². The maximum atomic E-state index is 11.1. The highest BCUT2D eigenvalue weighted by atomic mass is 16.6. The van der Waals surface area contributed by atoms with Gasteiger partial charge in [-0.05, 0) is 7.05 Å². The van der Waals surface area contributed by atoms with E-state index in [-0.39, 0.29) is 13.2 Å². The van der Waals surface area contributed by atoms with Crippen LogP contribution in [0.2, 0.25) is 0 Å². The molecule has 0 fully saturated rings. The molecule has 2 N–H and O–H groups in total. The van der Waals surface area contributed by atoms with Crippen LogP contribution in [0.15, 0.2) is 30.3 Å². The normalized spacial score (nSPS) is 13.0. The molecule has 0 heterocycles. The van der Waals surface area contributed by atoms with Crippen LogP contribution in [0.25, 0.3) is 0 Å². The van der Waals surface area contributed by atoms with Gasteiger partial charge in [-0.25, -0.2) is 4.90 Å². The van der Waals surface area contributed by atoms with Crippen molar-refractivity contribution in [2.45, 2.75) is 12.2 Å². The Bertz CT molecular complexity index is 354. The Morgan fingerprint density at radius 3 is 2.24 bits per heavy atom. The van der Waals surface area contributed by atoms with Crippen LogP contribution in [0, 0.1) is 10.1 Å². The van der Waals surface area contributed by atoms with Crippen molar-refractivity contribution in [2.75, 3.05) is 20.3 Å². The van der Waals surface area contributed by atoms with E-state index in [0.29, 0.717) is 5.56 Å². The van der Waals surface area contributed by atoms with Crippen molar-refractivity contribution in [1.29, 1.82) is 0 Å². The fourth-order valence-corrected chi connectivity index (χ4v) is 1.65. The summed E-state index contributed by atoms with van der Waals surface area (Å²) in [5, 5.41) is 29.2. The number of hydrogen-bond acceptors (Lipinski definition) is 5. The van der Waals surface area contributed by atoms with Crippen LogP contribution in [0.4, 0.5) is 0 Å². The molecule has 6 heteroatoms.